The molecule has 0 saturated heterocycles. The van der Waals surface area contributed by atoms with Gasteiger partial charge in [0.15, 0.2) is 5.13 Å². The number of hydrogen-bond acceptors (Lipinski definition) is 9. The summed E-state index contributed by atoms with van der Waals surface area (Å²) in [5.74, 6) is -0.336. The first-order chi connectivity index (χ1) is 10.4. The summed E-state index contributed by atoms with van der Waals surface area (Å²) in [6, 6.07) is 0. The highest BCUT2D eigenvalue weighted by Gasteiger charge is 2.20. The highest BCUT2D eigenvalue weighted by atomic mass is 32.2. The van der Waals surface area contributed by atoms with Crippen LogP contribution in [-0.4, -0.2) is 43.1 Å². The van der Waals surface area contributed by atoms with Crippen molar-refractivity contribution in [3.8, 4) is 0 Å². The minimum absolute atomic E-state index is 0.144. The average Bonchev–Trinajstić information content (AvgIpc) is 3.07. The Morgan fingerprint density at radius 3 is 2.73 bits per heavy atom. The molecule has 3 N–H and O–H groups in total. The summed E-state index contributed by atoms with van der Waals surface area (Å²) in [4.78, 5) is 15.1. The van der Waals surface area contributed by atoms with Gasteiger partial charge in [0.2, 0.25) is 15.4 Å². The summed E-state index contributed by atoms with van der Waals surface area (Å²) in [5.41, 5.74) is 0.799. The third kappa shape index (κ3) is 4.43. The van der Waals surface area contributed by atoms with Crippen molar-refractivity contribution in [2.24, 2.45) is 0 Å². The zero-order chi connectivity index (χ0) is 16.2. The lowest BCUT2D eigenvalue weighted by Gasteiger charge is -2.01. The van der Waals surface area contributed by atoms with Crippen molar-refractivity contribution >= 4 is 48.9 Å². The van der Waals surface area contributed by atoms with E-state index < -0.39 is 10.0 Å². The van der Waals surface area contributed by atoms with E-state index in [0.717, 1.165) is 22.2 Å². The molecule has 120 valence electrons. The number of rotatable bonds is 7. The van der Waals surface area contributed by atoms with Gasteiger partial charge in [-0.25, -0.2) is 18.1 Å². The van der Waals surface area contributed by atoms with Gasteiger partial charge in [-0.15, -0.1) is 21.5 Å². The predicted molar refractivity (Wildman–Crippen MR) is 84.8 cm³/mol. The monoisotopic (exact) mass is 362 g/mol. The van der Waals surface area contributed by atoms with Crippen LogP contribution in [0.4, 0.5) is 10.3 Å². The first-order valence-electron chi connectivity index (χ1n) is 6.13. The fourth-order valence-electron chi connectivity index (χ4n) is 1.43. The Morgan fingerprint density at radius 2 is 2.09 bits per heavy atom. The molecule has 0 bridgehead atoms. The first-order valence-corrected chi connectivity index (χ1v) is 9.31. The standard InChI is InChI=1S/C10H14N6O3S3/c1-6(17)13-9-15-16-10(21-9)22(18,19)12-4-3-7-5-20-8(11-2)14-7/h5,12H,3-4H2,1-2H3,(H,11,14)(H,13,15,17). The highest BCUT2D eigenvalue weighted by Crippen LogP contribution is 2.19. The lowest BCUT2D eigenvalue weighted by molar-refractivity contribution is -0.114. The topological polar surface area (TPSA) is 126 Å². The van der Waals surface area contributed by atoms with E-state index in [1.54, 1.807) is 7.05 Å². The number of carbonyl (C=O) groups is 1. The summed E-state index contributed by atoms with van der Waals surface area (Å²) in [6.45, 7) is 1.51. The number of anilines is 2. The number of nitrogens with zero attached hydrogens (tertiary/aromatic N) is 3. The van der Waals surface area contributed by atoms with Crippen molar-refractivity contribution in [2.75, 3.05) is 24.2 Å². The van der Waals surface area contributed by atoms with Gasteiger partial charge >= 0.3 is 0 Å². The fraction of sp³-hybridized carbons (Fsp3) is 0.400. The van der Waals surface area contributed by atoms with Gasteiger partial charge in [0.05, 0.1) is 5.69 Å². The predicted octanol–water partition coefficient (Wildman–Crippen LogP) is 0.516. The molecule has 0 aromatic carbocycles. The maximum absolute atomic E-state index is 12.0. The van der Waals surface area contributed by atoms with Gasteiger partial charge in [0.1, 0.15) is 0 Å². The number of amides is 1. The zero-order valence-electron chi connectivity index (χ0n) is 11.8. The van der Waals surface area contributed by atoms with Crippen LogP contribution in [-0.2, 0) is 21.2 Å². The Bertz CT molecular complexity index is 754. The lowest BCUT2D eigenvalue weighted by Crippen LogP contribution is -2.26. The molecule has 0 aliphatic rings. The Hall–Kier alpha value is -1.63. The second kappa shape index (κ2) is 7.09. The molecule has 0 saturated carbocycles. The van der Waals surface area contributed by atoms with E-state index >= 15 is 0 Å². The molecule has 0 unspecified atom stereocenters. The van der Waals surface area contributed by atoms with Crippen LogP contribution in [0, 0.1) is 0 Å². The van der Waals surface area contributed by atoms with Gasteiger partial charge in [0.25, 0.3) is 10.0 Å². The Balaban J connectivity index is 1.93. The zero-order valence-corrected chi connectivity index (χ0v) is 14.2. The van der Waals surface area contributed by atoms with E-state index in [9.17, 15) is 13.2 Å². The molecular weight excluding hydrogens is 348 g/mol. The molecular formula is C10H14N6O3S3. The molecule has 2 aromatic heterocycles. The van der Waals surface area contributed by atoms with Crippen molar-refractivity contribution in [3.05, 3.63) is 11.1 Å². The molecule has 9 nitrogen and oxygen atoms in total. The van der Waals surface area contributed by atoms with Gasteiger partial charge in [-0.05, 0) is 0 Å². The highest BCUT2D eigenvalue weighted by molar-refractivity contribution is 7.91. The van der Waals surface area contributed by atoms with Crippen LogP contribution in [0.5, 0.6) is 0 Å². The summed E-state index contributed by atoms with van der Waals surface area (Å²) in [5, 5.41) is 15.3. The van der Waals surface area contributed by atoms with Crippen LogP contribution in [0.15, 0.2) is 9.72 Å². The third-order valence-electron chi connectivity index (χ3n) is 2.36. The molecule has 0 atom stereocenters. The minimum atomic E-state index is -3.74. The molecule has 22 heavy (non-hydrogen) atoms. The molecule has 12 heteroatoms. The summed E-state index contributed by atoms with van der Waals surface area (Å²) in [7, 11) is -1.97. The van der Waals surface area contributed by atoms with E-state index in [-0.39, 0.29) is 21.9 Å². The van der Waals surface area contributed by atoms with E-state index in [1.807, 2.05) is 5.38 Å². The van der Waals surface area contributed by atoms with Crippen LogP contribution in [0.3, 0.4) is 0 Å². The van der Waals surface area contributed by atoms with Crippen LogP contribution >= 0.6 is 22.7 Å². The number of sulfonamides is 1. The number of thiazole rings is 1. The second-order valence-electron chi connectivity index (χ2n) is 4.10. The minimum Gasteiger partial charge on any atom is -0.365 e. The van der Waals surface area contributed by atoms with Crippen LogP contribution < -0.4 is 15.4 Å². The van der Waals surface area contributed by atoms with E-state index in [1.165, 1.54) is 18.3 Å². The second-order valence-corrected chi connectivity index (χ2v) is 7.87. The smallest absolute Gasteiger partial charge is 0.269 e. The molecule has 0 spiro atoms. The molecule has 0 aliphatic heterocycles. The average molecular weight is 362 g/mol. The van der Waals surface area contributed by atoms with Gasteiger partial charge < -0.3 is 10.6 Å². The quantitative estimate of drug-likeness (QED) is 0.613. The van der Waals surface area contributed by atoms with E-state index in [0.29, 0.717) is 6.42 Å². The van der Waals surface area contributed by atoms with E-state index in [4.69, 9.17) is 0 Å². The third-order valence-corrected chi connectivity index (χ3v) is 5.93. The maximum atomic E-state index is 12.0. The van der Waals surface area contributed by atoms with Crippen LogP contribution in [0.25, 0.3) is 0 Å². The molecule has 0 radical (unpaired) electrons. The number of aromatic nitrogens is 3. The molecule has 0 aliphatic carbocycles. The largest absolute Gasteiger partial charge is 0.365 e. The van der Waals surface area contributed by atoms with Crippen LogP contribution in [0.1, 0.15) is 12.6 Å². The van der Waals surface area contributed by atoms with Crippen molar-refractivity contribution in [1.29, 1.82) is 0 Å². The lowest BCUT2D eigenvalue weighted by atomic mass is 10.3. The molecule has 2 rings (SSSR count). The van der Waals surface area contributed by atoms with Crippen molar-refractivity contribution in [1.82, 2.24) is 19.9 Å². The number of hydrogen-bond donors (Lipinski definition) is 3. The number of nitrogens with one attached hydrogen (secondary N) is 3. The number of carbonyl (C=O) groups excluding carboxylic acids is 1. The summed E-state index contributed by atoms with van der Waals surface area (Å²) < 4.78 is 26.3. The van der Waals surface area contributed by atoms with Crippen molar-refractivity contribution in [3.63, 3.8) is 0 Å². The Labute approximate surface area is 135 Å². The molecule has 1 amide bonds. The molecule has 0 fully saturated rings. The first kappa shape index (κ1) is 16.7. The van der Waals surface area contributed by atoms with E-state index in [2.05, 4.69) is 30.5 Å². The van der Waals surface area contributed by atoms with Gasteiger partial charge in [-0.1, -0.05) is 11.3 Å². The fourth-order valence-corrected chi connectivity index (χ4v) is 4.16. The molecule has 2 heterocycles. The van der Waals surface area contributed by atoms with Crippen molar-refractivity contribution in [2.45, 2.75) is 17.7 Å². The summed E-state index contributed by atoms with van der Waals surface area (Å²) >= 11 is 2.25. The summed E-state index contributed by atoms with van der Waals surface area (Å²) in [6.07, 6.45) is 0.467. The Morgan fingerprint density at radius 1 is 1.32 bits per heavy atom. The van der Waals surface area contributed by atoms with Gasteiger partial charge in [-0.3, -0.25) is 4.79 Å². The van der Waals surface area contributed by atoms with Gasteiger partial charge in [-0.2, -0.15) is 0 Å². The normalized spacial score (nSPS) is 11.4. The van der Waals surface area contributed by atoms with Crippen LogP contribution in [0.2, 0.25) is 0 Å². The van der Waals surface area contributed by atoms with Gasteiger partial charge in [0, 0.05) is 32.3 Å². The maximum Gasteiger partial charge on any atom is 0.269 e. The van der Waals surface area contributed by atoms with Crippen molar-refractivity contribution < 1.29 is 13.2 Å². The SMILES string of the molecule is CNc1nc(CCNS(=O)(=O)c2nnc(NC(C)=O)s2)cs1. The Kier molecular flexibility index (Phi) is 5.39. The molecule has 2 aromatic rings.